The molecule has 0 aliphatic carbocycles. The second-order valence-corrected chi connectivity index (χ2v) is 12.3. The van der Waals surface area contributed by atoms with Crippen molar-refractivity contribution in [1.29, 1.82) is 0 Å². The lowest BCUT2D eigenvalue weighted by atomic mass is 9.85. The monoisotopic (exact) mass is 635 g/mol. The summed E-state index contributed by atoms with van der Waals surface area (Å²) in [7, 11) is 0. The highest BCUT2D eigenvalue weighted by Crippen LogP contribution is 2.39. The number of carbonyl (C=O) groups is 1. The minimum absolute atomic E-state index is 0.00647. The molecule has 2 saturated heterocycles. The Morgan fingerprint density at radius 3 is 2.76 bits per heavy atom. The normalized spacial score (nSPS) is 20.5. The zero-order chi connectivity index (χ0) is 31.2. The van der Waals surface area contributed by atoms with Gasteiger partial charge in [-0.2, -0.15) is 4.39 Å². The molecule has 2 aliphatic rings. The smallest absolute Gasteiger partial charge is 0.335 e. The van der Waals surface area contributed by atoms with Crippen LogP contribution in [-0.4, -0.2) is 50.8 Å². The first-order valence-corrected chi connectivity index (χ1v) is 15.5. The molecular weight excluding hydrogens is 604 g/mol. The van der Waals surface area contributed by atoms with Crippen molar-refractivity contribution in [3.8, 4) is 5.75 Å². The van der Waals surface area contributed by atoms with E-state index in [0.29, 0.717) is 29.1 Å². The largest absolute Gasteiger partial charge is 0.485 e. The molecule has 3 aromatic carbocycles. The number of hydrogen-bond acceptors (Lipinski definition) is 6. The molecule has 0 spiro atoms. The maximum Gasteiger partial charge on any atom is 0.335 e. The highest BCUT2D eigenvalue weighted by atomic mass is 35.5. The van der Waals surface area contributed by atoms with E-state index in [9.17, 15) is 14.3 Å². The quantitative estimate of drug-likeness (QED) is 0.179. The van der Waals surface area contributed by atoms with E-state index in [0.717, 1.165) is 54.8 Å². The number of benzene rings is 3. The van der Waals surface area contributed by atoms with Gasteiger partial charge in [0.1, 0.15) is 18.0 Å². The third kappa shape index (κ3) is 5.78. The summed E-state index contributed by atoms with van der Waals surface area (Å²) in [6, 6.07) is 14.0. The van der Waals surface area contributed by atoms with Crippen molar-refractivity contribution in [3.05, 3.63) is 94.0 Å². The number of furan rings is 1. The van der Waals surface area contributed by atoms with Crippen LogP contribution in [0.25, 0.3) is 22.0 Å². The fourth-order valence-corrected chi connectivity index (χ4v) is 6.76. The van der Waals surface area contributed by atoms with Crippen molar-refractivity contribution in [1.82, 2.24) is 14.5 Å². The van der Waals surface area contributed by atoms with E-state index in [4.69, 9.17) is 30.5 Å². The zero-order valence-corrected chi connectivity index (χ0v) is 25.4. The molecule has 1 unspecified atom stereocenters. The molecule has 45 heavy (non-hydrogen) atoms. The molecule has 11 heteroatoms. The van der Waals surface area contributed by atoms with E-state index in [2.05, 4.69) is 16.4 Å². The van der Waals surface area contributed by atoms with Crippen LogP contribution in [0, 0.1) is 11.8 Å². The standard InChI is InChI=1S/C34H32ClF2N3O5/c1-19-13-20(24-3-2-4-27(36)33(24)44-18-22-5-7-26(35)25-15-30(37)45-32(22)25)9-11-39(19)17-31-38-28-8-6-21(34(41)42)14-29(28)40(31)16-23-10-12-43-23/h2-8,14-15,19-20,23H,9-13,16-18H2,1H3,(H,41,42)/t19-,20?,23-/m0/s1. The summed E-state index contributed by atoms with van der Waals surface area (Å²) in [6.07, 6.45) is 2.61. The summed E-state index contributed by atoms with van der Waals surface area (Å²) in [6.45, 7) is 4.86. The van der Waals surface area contributed by atoms with Crippen LogP contribution in [0.3, 0.4) is 0 Å². The third-order valence-electron chi connectivity index (χ3n) is 9.10. The van der Waals surface area contributed by atoms with Crippen LogP contribution in [-0.2, 0) is 24.4 Å². The Bertz CT molecular complexity index is 1900. The van der Waals surface area contributed by atoms with E-state index in [1.54, 1.807) is 36.4 Å². The van der Waals surface area contributed by atoms with Crippen molar-refractivity contribution in [2.75, 3.05) is 13.2 Å². The predicted octanol–water partition coefficient (Wildman–Crippen LogP) is 7.55. The van der Waals surface area contributed by atoms with Gasteiger partial charge in [-0.25, -0.2) is 14.2 Å². The number of likely N-dealkylation sites (tertiary alicyclic amines) is 1. The van der Waals surface area contributed by atoms with Crippen LogP contribution in [0.1, 0.15) is 59.4 Å². The van der Waals surface area contributed by atoms with Crippen molar-refractivity contribution in [3.63, 3.8) is 0 Å². The van der Waals surface area contributed by atoms with E-state index in [1.165, 1.54) is 12.1 Å². The molecule has 5 aromatic rings. The van der Waals surface area contributed by atoms with Gasteiger partial charge in [0.25, 0.3) is 6.01 Å². The Balaban J connectivity index is 1.09. The summed E-state index contributed by atoms with van der Waals surface area (Å²) >= 11 is 6.20. The summed E-state index contributed by atoms with van der Waals surface area (Å²) in [5.41, 5.74) is 3.43. The Morgan fingerprint density at radius 1 is 1.16 bits per heavy atom. The number of aromatic nitrogens is 2. The fraction of sp³-hybridized carbons (Fsp3) is 0.353. The highest BCUT2D eigenvalue weighted by molar-refractivity contribution is 6.35. The molecule has 2 aromatic heterocycles. The van der Waals surface area contributed by atoms with Crippen molar-refractivity contribution in [2.24, 2.45) is 0 Å². The number of piperidine rings is 1. The maximum atomic E-state index is 15.2. The number of carboxylic acid groups (broad SMARTS) is 1. The molecule has 0 saturated carbocycles. The van der Waals surface area contributed by atoms with E-state index in [-0.39, 0.29) is 41.6 Å². The number of ether oxygens (including phenoxy) is 2. The second kappa shape index (κ2) is 12.1. The Hall–Kier alpha value is -3.99. The van der Waals surface area contributed by atoms with Crippen LogP contribution in [0.4, 0.5) is 8.78 Å². The number of nitrogens with zero attached hydrogens (tertiary/aromatic N) is 3. The summed E-state index contributed by atoms with van der Waals surface area (Å²) in [4.78, 5) is 18.9. The van der Waals surface area contributed by atoms with Gasteiger partial charge >= 0.3 is 5.97 Å². The lowest BCUT2D eigenvalue weighted by Gasteiger charge is -2.38. The fourth-order valence-electron chi connectivity index (χ4n) is 6.56. The number of imidazole rings is 1. The van der Waals surface area contributed by atoms with Crippen molar-refractivity contribution < 1.29 is 32.6 Å². The molecule has 0 radical (unpaired) electrons. The summed E-state index contributed by atoms with van der Waals surface area (Å²) < 4.78 is 48.2. The Morgan fingerprint density at radius 2 is 2.00 bits per heavy atom. The van der Waals surface area contributed by atoms with Gasteiger partial charge in [-0.15, -0.1) is 0 Å². The van der Waals surface area contributed by atoms with Crippen molar-refractivity contribution >= 4 is 39.6 Å². The average molecular weight is 636 g/mol. The number of para-hydroxylation sites is 1. The molecule has 8 nitrogen and oxygen atoms in total. The summed E-state index contributed by atoms with van der Waals surface area (Å²) in [5.74, 6) is -0.306. The van der Waals surface area contributed by atoms with Gasteiger partial charge in [-0.3, -0.25) is 4.90 Å². The lowest BCUT2D eigenvalue weighted by molar-refractivity contribution is -0.0592. The minimum Gasteiger partial charge on any atom is -0.485 e. The molecule has 2 aliphatic heterocycles. The zero-order valence-electron chi connectivity index (χ0n) is 24.6. The number of carboxylic acids is 1. The molecule has 0 bridgehead atoms. The number of halogens is 3. The van der Waals surface area contributed by atoms with Crippen LogP contribution in [0.2, 0.25) is 5.02 Å². The second-order valence-electron chi connectivity index (χ2n) is 11.9. The topological polar surface area (TPSA) is 90.0 Å². The van der Waals surface area contributed by atoms with Crippen molar-refractivity contribution in [2.45, 2.75) is 63.9 Å². The van der Waals surface area contributed by atoms with Gasteiger partial charge in [0, 0.05) is 35.2 Å². The third-order valence-corrected chi connectivity index (χ3v) is 9.43. The van der Waals surface area contributed by atoms with E-state index in [1.807, 2.05) is 6.07 Å². The maximum absolute atomic E-state index is 15.2. The van der Waals surface area contributed by atoms with E-state index >= 15 is 4.39 Å². The first-order chi connectivity index (χ1) is 21.7. The lowest BCUT2D eigenvalue weighted by Crippen LogP contribution is -2.40. The Kier molecular flexibility index (Phi) is 7.97. The number of rotatable bonds is 9. The highest BCUT2D eigenvalue weighted by Gasteiger charge is 2.31. The molecule has 0 amide bonds. The van der Waals surface area contributed by atoms with Crippen LogP contribution >= 0.6 is 11.6 Å². The molecule has 3 atom stereocenters. The van der Waals surface area contributed by atoms with Gasteiger partial charge in [0.2, 0.25) is 0 Å². The van der Waals surface area contributed by atoms with Crippen LogP contribution in [0.15, 0.2) is 59.0 Å². The number of aromatic carboxylic acids is 1. The predicted molar refractivity (Wildman–Crippen MR) is 165 cm³/mol. The van der Waals surface area contributed by atoms with Crippen LogP contribution < -0.4 is 4.74 Å². The summed E-state index contributed by atoms with van der Waals surface area (Å²) in [5, 5.41) is 10.4. The van der Waals surface area contributed by atoms with Gasteiger partial charge in [-0.1, -0.05) is 29.8 Å². The first kappa shape index (κ1) is 29.7. The minimum atomic E-state index is -0.973. The molecule has 1 N–H and O–H groups in total. The number of fused-ring (bicyclic) bond motifs is 2. The molecular formula is C34H32ClF2N3O5. The molecule has 4 heterocycles. The Labute approximate surface area is 263 Å². The first-order valence-electron chi connectivity index (χ1n) is 15.1. The van der Waals surface area contributed by atoms with E-state index < -0.39 is 17.8 Å². The van der Waals surface area contributed by atoms with Gasteiger partial charge in [0.15, 0.2) is 11.6 Å². The molecule has 2 fully saturated rings. The SMILES string of the molecule is C[C@H]1CC(c2cccc(F)c2OCc2ccc(Cl)c3cc(F)oc23)CCN1Cc1nc2ccc(C(=O)O)cc2n1C[C@@H]1CCO1. The van der Waals surface area contributed by atoms with Gasteiger partial charge < -0.3 is 23.6 Å². The molecule has 7 rings (SSSR count). The van der Waals surface area contributed by atoms with Gasteiger partial charge in [0.05, 0.1) is 40.8 Å². The molecule has 234 valence electrons. The van der Waals surface area contributed by atoms with Gasteiger partial charge in [-0.05, 0) is 69.0 Å². The number of hydrogen-bond donors (Lipinski definition) is 1. The average Bonchev–Trinajstić information content (AvgIpc) is 3.56. The van der Waals surface area contributed by atoms with Crippen LogP contribution in [0.5, 0.6) is 5.75 Å².